The molecule has 1 fully saturated rings. The van der Waals surface area contributed by atoms with Crippen LogP contribution in [0.3, 0.4) is 0 Å². The van der Waals surface area contributed by atoms with Gasteiger partial charge in [-0.15, -0.1) is 5.10 Å². The number of hydrazine groups is 1. The third kappa shape index (κ3) is 2.47. The molecule has 2 aliphatic rings. The highest BCUT2D eigenvalue weighted by Crippen LogP contribution is 2.51. The molecule has 23 heavy (non-hydrogen) atoms. The molecule has 10 heteroatoms. The number of hydrogen-bond donors (Lipinski definition) is 3. The van der Waals surface area contributed by atoms with Crippen LogP contribution in [0.1, 0.15) is 19.4 Å². The van der Waals surface area contributed by atoms with Crippen LogP contribution in [0, 0.1) is 0 Å². The third-order valence-corrected chi connectivity index (χ3v) is 5.05. The van der Waals surface area contributed by atoms with Crippen molar-refractivity contribution in [2.24, 2.45) is 5.10 Å². The number of rotatable bonds is 1. The van der Waals surface area contributed by atoms with Gasteiger partial charge in [-0.25, -0.2) is 10.4 Å². The Hall–Kier alpha value is -2.07. The summed E-state index contributed by atoms with van der Waals surface area (Å²) in [6.07, 6.45) is 0. The highest BCUT2D eigenvalue weighted by molar-refractivity contribution is 9.10. The molecule has 1 spiro atoms. The number of amides is 3. The number of hydrazone groups is 1. The number of benzene rings is 1. The van der Waals surface area contributed by atoms with Gasteiger partial charge in [-0.1, -0.05) is 15.9 Å². The van der Waals surface area contributed by atoms with Crippen LogP contribution in [-0.2, 0) is 19.3 Å². The van der Waals surface area contributed by atoms with Gasteiger partial charge in [0, 0.05) is 29.6 Å². The van der Waals surface area contributed by atoms with Crippen LogP contribution in [0.5, 0.6) is 0 Å². The summed E-state index contributed by atoms with van der Waals surface area (Å²) in [6.45, 7) is 2.66. The van der Waals surface area contributed by atoms with Gasteiger partial charge in [0.15, 0.2) is 0 Å². The summed E-state index contributed by atoms with van der Waals surface area (Å²) in [5.41, 5.74) is 6.33. The van der Waals surface area contributed by atoms with Crippen LogP contribution in [-0.4, -0.2) is 27.9 Å². The maximum absolute atomic E-state index is 12.6. The average molecular weight is 398 g/mol. The first-order chi connectivity index (χ1) is 10.8. The minimum absolute atomic E-state index is 0.248. The van der Waals surface area contributed by atoms with Crippen molar-refractivity contribution in [3.63, 3.8) is 0 Å². The maximum atomic E-state index is 12.6. The summed E-state index contributed by atoms with van der Waals surface area (Å²) in [4.78, 5) is 34.4. The van der Waals surface area contributed by atoms with E-state index in [1.54, 1.807) is 18.2 Å². The van der Waals surface area contributed by atoms with Crippen molar-refractivity contribution in [1.82, 2.24) is 15.9 Å². The largest absolute Gasteiger partial charge is 0.322 e. The standard InChI is InChI=1S/C13H12BrN5O3S/c1-6(20)16-17-12-18-19(7(2)21)13(23-12)9-5-8(14)3-4-10(9)15-11(13)22/h3-5H,1-2H3,(H,15,22)(H,16,20)(H,17,18). The molecule has 3 rings (SSSR count). The van der Waals surface area contributed by atoms with Gasteiger partial charge in [-0.05, 0) is 30.0 Å². The number of anilines is 1. The Labute approximate surface area is 144 Å². The van der Waals surface area contributed by atoms with Crippen LogP contribution < -0.4 is 16.2 Å². The maximum Gasteiger partial charge on any atom is 0.268 e. The number of thioether (sulfide) groups is 1. The van der Waals surface area contributed by atoms with Crippen LogP contribution >= 0.6 is 27.7 Å². The summed E-state index contributed by atoms with van der Waals surface area (Å²) in [5, 5.41) is 8.12. The number of fused-ring (bicyclic) bond motifs is 2. The van der Waals surface area contributed by atoms with Gasteiger partial charge >= 0.3 is 0 Å². The van der Waals surface area contributed by atoms with Crippen molar-refractivity contribution < 1.29 is 14.4 Å². The Kier molecular flexibility index (Phi) is 3.80. The quantitative estimate of drug-likeness (QED) is 0.614. The predicted molar refractivity (Wildman–Crippen MR) is 88.9 cm³/mol. The monoisotopic (exact) mass is 397 g/mol. The second-order valence-corrected chi connectivity index (χ2v) is 7.04. The average Bonchev–Trinajstić information content (AvgIpc) is 2.99. The van der Waals surface area contributed by atoms with E-state index >= 15 is 0 Å². The van der Waals surface area contributed by atoms with Crippen molar-refractivity contribution in [3.8, 4) is 0 Å². The van der Waals surface area contributed by atoms with E-state index in [0.29, 0.717) is 11.3 Å². The predicted octanol–water partition coefficient (Wildman–Crippen LogP) is 1.06. The van der Waals surface area contributed by atoms with Crippen molar-refractivity contribution in [2.75, 3.05) is 5.32 Å². The van der Waals surface area contributed by atoms with E-state index in [0.717, 1.165) is 16.2 Å². The van der Waals surface area contributed by atoms with Crippen molar-refractivity contribution in [3.05, 3.63) is 28.2 Å². The van der Waals surface area contributed by atoms with Crippen LogP contribution in [0.15, 0.2) is 27.8 Å². The van der Waals surface area contributed by atoms with Crippen LogP contribution in [0.4, 0.5) is 5.69 Å². The molecular formula is C13H12BrN5O3S. The molecular weight excluding hydrogens is 386 g/mol. The zero-order valence-electron chi connectivity index (χ0n) is 12.1. The van der Waals surface area contributed by atoms with Crippen molar-refractivity contribution >= 4 is 56.3 Å². The van der Waals surface area contributed by atoms with E-state index < -0.39 is 4.87 Å². The minimum atomic E-state index is -1.30. The lowest BCUT2D eigenvalue weighted by Crippen LogP contribution is -2.51. The summed E-state index contributed by atoms with van der Waals surface area (Å²) >= 11 is 4.43. The first-order valence-electron chi connectivity index (χ1n) is 6.57. The fraction of sp³-hybridized carbons (Fsp3) is 0.231. The number of nitrogens with one attached hydrogen (secondary N) is 3. The summed E-state index contributed by atoms with van der Waals surface area (Å²) in [7, 11) is 0. The molecule has 3 N–H and O–H groups in total. The molecule has 2 aliphatic heterocycles. The van der Waals surface area contributed by atoms with E-state index in [9.17, 15) is 14.4 Å². The molecule has 1 aromatic carbocycles. The van der Waals surface area contributed by atoms with Gasteiger partial charge in [0.1, 0.15) is 0 Å². The fourth-order valence-corrected chi connectivity index (χ4v) is 3.98. The summed E-state index contributed by atoms with van der Waals surface area (Å²) < 4.78 is 0.781. The van der Waals surface area contributed by atoms with Gasteiger partial charge < -0.3 is 5.32 Å². The molecule has 1 unspecified atom stereocenters. The number of carbonyl (C=O) groups excluding carboxylic acids is 3. The molecule has 3 amide bonds. The molecule has 0 saturated carbocycles. The molecule has 2 heterocycles. The third-order valence-electron chi connectivity index (χ3n) is 3.30. The van der Waals surface area contributed by atoms with Crippen molar-refractivity contribution in [1.29, 1.82) is 0 Å². The zero-order chi connectivity index (χ0) is 16.8. The Morgan fingerprint density at radius 3 is 2.78 bits per heavy atom. The summed E-state index contributed by atoms with van der Waals surface area (Å²) in [5.74, 6) is -1.06. The van der Waals surface area contributed by atoms with Gasteiger partial charge in [-0.3, -0.25) is 19.8 Å². The molecule has 120 valence electrons. The second-order valence-electron chi connectivity index (χ2n) is 4.94. The highest BCUT2D eigenvalue weighted by atomic mass is 79.9. The van der Waals surface area contributed by atoms with Crippen LogP contribution in [0.25, 0.3) is 0 Å². The van der Waals surface area contributed by atoms with Crippen molar-refractivity contribution in [2.45, 2.75) is 18.7 Å². The molecule has 0 bridgehead atoms. The van der Waals surface area contributed by atoms with Crippen LogP contribution in [0.2, 0.25) is 0 Å². The van der Waals surface area contributed by atoms with E-state index in [1.165, 1.54) is 18.9 Å². The zero-order valence-corrected chi connectivity index (χ0v) is 14.5. The molecule has 0 aliphatic carbocycles. The van der Waals surface area contributed by atoms with E-state index in [2.05, 4.69) is 37.2 Å². The first kappa shape index (κ1) is 15.8. The Bertz CT molecular complexity index is 768. The Balaban J connectivity index is 2.10. The lowest BCUT2D eigenvalue weighted by Gasteiger charge is -2.29. The van der Waals surface area contributed by atoms with E-state index in [1.807, 2.05) is 0 Å². The molecule has 1 atom stereocenters. The highest BCUT2D eigenvalue weighted by Gasteiger charge is 2.59. The van der Waals surface area contributed by atoms with Gasteiger partial charge in [0.2, 0.25) is 21.9 Å². The second kappa shape index (κ2) is 5.53. The molecule has 1 aromatic rings. The Morgan fingerprint density at radius 2 is 2.13 bits per heavy atom. The fourth-order valence-electron chi connectivity index (χ4n) is 2.42. The molecule has 0 radical (unpaired) electrons. The topological polar surface area (TPSA) is 103 Å². The number of amidine groups is 1. The van der Waals surface area contributed by atoms with E-state index in [4.69, 9.17) is 0 Å². The minimum Gasteiger partial charge on any atom is -0.322 e. The number of nitrogens with zero attached hydrogens (tertiary/aromatic N) is 2. The number of carbonyl (C=O) groups is 3. The van der Waals surface area contributed by atoms with Gasteiger partial charge in [-0.2, -0.15) is 0 Å². The van der Waals surface area contributed by atoms with Gasteiger partial charge in [0.25, 0.3) is 5.91 Å². The molecule has 0 aromatic heterocycles. The van der Waals surface area contributed by atoms with Gasteiger partial charge in [0.05, 0.1) is 0 Å². The normalized spacial score (nSPS) is 23.7. The lowest BCUT2D eigenvalue weighted by atomic mass is 10.1. The first-order valence-corrected chi connectivity index (χ1v) is 8.18. The number of hydrogen-bond acceptors (Lipinski definition) is 5. The van der Waals surface area contributed by atoms with E-state index in [-0.39, 0.29) is 22.9 Å². The lowest BCUT2D eigenvalue weighted by molar-refractivity contribution is -0.140. The Morgan fingerprint density at radius 1 is 1.39 bits per heavy atom. The summed E-state index contributed by atoms with van der Waals surface area (Å²) in [6, 6.07) is 5.34. The molecule has 8 nitrogen and oxygen atoms in total. The molecule has 1 saturated heterocycles. The number of halogens is 1. The SMILES string of the molecule is CC(=O)N/N=C1\NN(C(C)=O)C2(S1)C(=O)Nc1ccc(Br)cc12. The smallest absolute Gasteiger partial charge is 0.268 e.